The third-order valence-corrected chi connectivity index (χ3v) is 6.60. The van der Waals surface area contributed by atoms with E-state index in [-0.39, 0.29) is 12.1 Å². The number of hydrogen-bond acceptors (Lipinski definition) is 5. The SMILES string of the molecule is COc1cccc(CNC(=O)N2CCN([C@@H](C)c3nc4ccccc4s3)CC2)c1. The van der Waals surface area contributed by atoms with Gasteiger partial charge >= 0.3 is 6.03 Å². The van der Waals surface area contributed by atoms with Crippen LogP contribution in [0.15, 0.2) is 48.5 Å². The number of urea groups is 1. The number of rotatable bonds is 5. The molecule has 0 aliphatic carbocycles. The Bertz CT molecular complexity index is 949. The first kappa shape index (κ1) is 19.7. The van der Waals surface area contributed by atoms with Crippen molar-refractivity contribution in [3.8, 4) is 5.75 Å². The van der Waals surface area contributed by atoms with Gasteiger partial charge in [-0.05, 0) is 36.8 Å². The molecule has 2 amide bonds. The minimum absolute atomic E-state index is 0.0138. The van der Waals surface area contributed by atoms with Crippen LogP contribution in [0.2, 0.25) is 0 Å². The van der Waals surface area contributed by atoms with E-state index in [9.17, 15) is 4.79 Å². The fourth-order valence-electron chi connectivity index (χ4n) is 3.61. The number of nitrogens with zero attached hydrogens (tertiary/aromatic N) is 3. The maximum absolute atomic E-state index is 12.5. The Kier molecular flexibility index (Phi) is 5.97. The molecule has 0 unspecified atom stereocenters. The predicted molar refractivity (Wildman–Crippen MR) is 116 cm³/mol. The van der Waals surface area contributed by atoms with Gasteiger partial charge in [0.05, 0.1) is 23.4 Å². The van der Waals surface area contributed by atoms with E-state index in [1.165, 1.54) is 4.70 Å². The minimum atomic E-state index is -0.0138. The maximum Gasteiger partial charge on any atom is 0.317 e. The number of nitrogens with one attached hydrogen (secondary N) is 1. The molecular formula is C22H26N4O2S. The lowest BCUT2D eigenvalue weighted by Gasteiger charge is -2.37. The normalized spacial score (nSPS) is 16.0. The largest absolute Gasteiger partial charge is 0.497 e. The van der Waals surface area contributed by atoms with Crippen molar-refractivity contribution in [2.75, 3.05) is 33.3 Å². The van der Waals surface area contributed by atoms with Gasteiger partial charge in [0.15, 0.2) is 0 Å². The molecule has 6 nitrogen and oxygen atoms in total. The molecule has 2 aromatic carbocycles. The van der Waals surface area contributed by atoms with Gasteiger partial charge in [0.25, 0.3) is 0 Å². The number of amides is 2. The van der Waals surface area contributed by atoms with Gasteiger partial charge in [-0.25, -0.2) is 9.78 Å². The first-order valence-electron chi connectivity index (χ1n) is 9.89. The molecule has 29 heavy (non-hydrogen) atoms. The fourth-order valence-corrected chi connectivity index (χ4v) is 4.66. The topological polar surface area (TPSA) is 57.7 Å². The Morgan fingerprint density at radius 2 is 1.97 bits per heavy atom. The van der Waals surface area contributed by atoms with Crippen LogP contribution in [0.4, 0.5) is 4.79 Å². The van der Waals surface area contributed by atoms with E-state index in [4.69, 9.17) is 9.72 Å². The molecule has 1 fully saturated rings. The molecule has 1 saturated heterocycles. The van der Waals surface area contributed by atoms with Crippen LogP contribution >= 0.6 is 11.3 Å². The van der Waals surface area contributed by atoms with Crippen LogP contribution in [0, 0.1) is 0 Å². The molecule has 7 heteroatoms. The summed E-state index contributed by atoms with van der Waals surface area (Å²) in [5.41, 5.74) is 2.09. The molecule has 2 heterocycles. The van der Waals surface area contributed by atoms with Crippen LogP contribution in [0.3, 0.4) is 0 Å². The monoisotopic (exact) mass is 410 g/mol. The van der Waals surface area contributed by atoms with E-state index >= 15 is 0 Å². The molecule has 1 aliphatic heterocycles. The second-order valence-corrected chi connectivity index (χ2v) is 8.29. The maximum atomic E-state index is 12.5. The fraction of sp³-hybridized carbons (Fsp3) is 0.364. The van der Waals surface area contributed by atoms with Gasteiger partial charge in [0.2, 0.25) is 0 Å². The zero-order chi connectivity index (χ0) is 20.2. The molecule has 0 spiro atoms. The average Bonchev–Trinajstić information content (AvgIpc) is 3.21. The van der Waals surface area contributed by atoms with Gasteiger partial charge < -0.3 is 15.0 Å². The second kappa shape index (κ2) is 8.80. The van der Waals surface area contributed by atoms with E-state index in [2.05, 4.69) is 35.3 Å². The number of carbonyl (C=O) groups is 1. The number of methoxy groups -OCH3 is 1. The van der Waals surface area contributed by atoms with Crippen molar-refractivity contribution >= 4 is 27.6 Å². The molecule has 1 aliphatic rings. The molecule has 0 radical (unpaired) electrons. The van der Waals surface area contributed by atoms with Crippen LogP contribution in [0.25, 0.3) is 10.2 Å². The lowest BCUT2D eigenvalue weighted by atomic mass is 10.2. The molecule has 0 bridgehead atoms. The summed E-state index contributed by atoms with van der Waals surface area (Å²) in [6.45, 7) is 5.85. The lowest BCUT2D eigenvalue weighted by molar-refractivity contribution is 0.114. The molecule has 1 N–H and O–H groups in total. The van der Waals surface area contributed by atoms with Gasteiger partial charge in [0.1, 0.15) is 10.8 Å². The highest BCUT2D eigenvalue weighted by atomic mass is 32.1. The van der Waals surface area contributed by atoms with E-state index in [1.807, 2.05) is 35.2 Å². The standard InChI is InChI=1S/C22H26N4O2S/c1-16(21-24-19-8-3-4-9-20(19)29-21)25-10-12-26(13-11-25)22(27)23-15-17-6-5-7-18(14-17)28-2/h3-9,14,16H,10-13,15H2,1-2H3,(H,23,27)/t16-/m0/s1. The van der Waals surface area contributed by atoms with Crippen molar-refractivity contribution in [1.29, 1.82) is 0 Å². The third kappa shape index (κ3) is 4.52. The zero-order valence-electron chi connectivity index (χ0n) is 16.8. The van der Waals surface area contributed by atoms with E-state index in [0.29, 0.717) is 6.54 Å². The number of para-hydroxylation sites is 1. The number of aromatic nitrogens is 1. The lowest BCUT2D eigenvalue weighted by Crippen LogP contribution is -2.52. The number of thiazole rings is 1. The predicted octanol–water partition coefficient (Wildman–Crippen LogP) is 3.89. The van der Waals surface area contributed by atoms with Crippen LogP contribution in [0.1, 0.15) is 23.5 Å². The molecule has 152 valence electrons. The quantitative estimate of drug-likeness (QED) is 0.693. The van der Waals surface area contributed by atoms with Crippen LogP contribution in [-0.2, 0) is 6.54 Å². The Morgan fingerprint density at radius 1 is 1.17 bits per heavy atom. The minimum Gasteiger partial charge on any atom is -0.497 e. The van der Waals surface area contributed by atoms with Gasteiger partial charge in [-0.1, -0.05) is 24.3 Å². The molecule has 3 aromatic rings. The Labute approximate surface area is 175 Å². The molecular weight excluding hydrogens is 384 g/mol. The molecule has 1 aromatic heterocycles. The Hall–Kier alpha value is -2.64. The summed E-state index contributed by atoms with van der Waals surface area (Å²) >= 11 is 1.76. The van der Waals surface area contributed by atoms with Crippen molar-refractivity contribution in [2.45, 2.75) is 19.5 Å². The zero-order valence-corrected chi connectivity index (χ0v) is 17.6. The van der Waals surface area contributed by atoms with Crippen LogP contribution in [-0.4, -0.2) is 54.1 Å². The van der Waals surface area contributed by atoms with E-state index < -0.39 is 0 Å². The number of carbonyl (C=O) groups excluding carboxylic acids is 1. The Morgan fingerprint density at radius 3 is 2.72 bits per heavy atom. The third-order valence-electron chi connectivity index (χ3n) is 5.39. The van der Waals surface area contributed by atoms with Gasteiger partial charge in [0, 0.05) is 32.7 Å². The van der Waals surface area contributed by atoms with Crippen molar-refractivity contribution in [1.82, 2.24) is 20.1 Å². The van der Waals surface area contributed by atoms with E-state index in [0.717, 1.165) is 48.0 Å². The molecule has 0 saturated carbocycles. The number of hydrogen-bond donors (Lipinski definition) is 1. The number of ether oxygens (including phenoxy) is 1. The smallest absolute Gasteiger partial charge is 0.317 e. The van der Waals surface area contributed by atoms with Gasteiger partial charge in [-0.2, -0.15) is 0 Å². The first-order chi connectivity index (χ1) is 14.1. The summed E-state index contributed by atoms with van der Waals surface area (Å²) in [6, 6.07) is 16.3. The summed E-state index contributed by atoms with van der Waals surface area (Å²) in [6.07, 6.45) is 0. The summed E-state index contributed by atoms with van der Waals surface area (Å²) in [4.78, 5) is 21.6. The highest BCUT2D eigenvalue weighted by Crippen LogP contribution is 2.29. The Balaban J connectivity index is 1.29. The van der Waals surface area contributed by atoms with E-state index in [1.54, 1.807) is 18.4 Å². The van der Waals surface area contributed by atoms with Crippen LogP contribution in [0.5, 0.6) is 5.75 Å². The van der Waals surface area contributed by atoms with Crippen molar-refractivity contribution in [2.24, 2.45) is 0 Å². The van der Waals surface area contributed by atoms with Crippen LogP contribution < -0.4 is 10.1 Å². The number of fused-ring (bicyclic) bond motifs is 1. The second-order valence-electron chi connectivity index (χ2n) is 7.23. The molecule has 1 atom stereocenters. The number of piperazine rings is 1. The highest BCUT2D eigenvalue weighted by molar-refractivity contribution is 7.18. The first-order valence-corrected chi connectivity index (χ1v) is 10.7. The highest BCUT2D eigenvalue weighted by Gasteiger charge is 2.26. The number of benzene rings is 2. The molecule has 4 rings (SSSR count). The van der Waals surface area contributed by atoms with Gasteiger partial charge in [-0.3, -0.25) is 4.90 Å². The summed E-state index contributed by atoms with van der Waals surface area (Å²) < 4.78 is 6.46. The average molecular weight is 411 g/mol. The van der Waals surface area contributed by atoms with Crippen molar-refractivity contribution < 1.29 is 9.53 Å². The van der Waals surface area contributed by atoms with Crippen molar-refractivity contribution in [3.05, 3.63) is 59.1 Å². The summed E-state index contributed by atoms with van der Waals surface area (Å²) in [5, 5.41) is 4.16. The van der Waals surface area contributed by atoms with Gasteiger partial charge in [-0.15, -0.1) is 11.3 Å². The van der Waals surface area contributed by atoms with Crippen molar-refractivity contribution in [3.63, 3.8) is 0 Å². The summed E-state index contributed by atoms with van der Waals surface area (Å²) in [7, 11) is 1.65. The summed E-state index contributed by atoms with van der Waals surface area (Å²) in [5.74, 6) is 0.800.